The van der Waals surface area contributed by atoms with Gasteiger partial charge in [0.05, 0.1) is 17.7 Å². The molecule has 1 aromatic carbocycles. The molecule has 0 aliphatic carbocycles. The van der Waals surface area contributed by atoms with Crippen molar-refractivity contribution in [3.8, 4) is 5.69 Å². The molecule has 0 atom stereocenters. The van der Waals surface area contributed by atoms with Crippen LogP contribution in [0.25, 0.3) is 5.69 Å². The molecular formula is C18H23FN4O4S. The summed E-state index contributed by atoms with van der Waals surface area (Å²) < 4.78 is 42.8. The van der Waals surface area contributed by atoms with Crippen LogP contribution in [0.3, 0.4) is 0 Å². The maximum atomic E-state index is 14.5. The monoisotopic (exact) mass is 410 g/mol. The van der Waals surface area contributed by atoms with Crippen LogP contribution in [-0.2, 0) is 14.8 Å². The average molecular weight is 410 g/mol. The Kier molecular flexibility index (Phi) is 6.11. The minimum absolute atomic E-state index is 0.124. The zero-order valence-corrected chi connectivity index (χ0v) is 16.3. The maximum absolute atomic E-state index is 14.5. The maximum Gasteiger partial charge on any atom is 0.243 e. The number of aliphatic hydroxyl groups is 1. The Bertz CT molecular complexity index is 952. The van der Waals surface area contributed by atoms with E-state index in [4.69, 9.17) is 5.11 Å². The lowest BCUT2D eigenvalue weighted by molar-refractivity contribution is -0.126. The first-order valence-electron chi connectivity index (χ1n) is 9.03. The molecule has 28 heavy (non-hydrogen) atoms. The predicted octanol–water partition coefficient (Wildman–Crippen LogP) is 0.829. The van der Waals surface area contributed by atoms with Gasteiger partial charge in [-0.1, -0.05) is 0 Å². The van der Waals surface area contributed by atoms with E-state index in [0.29, 0.717) is 12.8 Å². The molecule has 1 fully saturated rings. The number of nitrogens with zero attached hydrogens (tertiary/aromatic N) is 3. The standard InChI is InChI=1S/C18H23FN4O4S/c1-13-11-21-23(12-13)17-3-2-15(10-16(17)19)28(26,27)22-7-4-14(5-8-22)18(25)20-6-9-24/h2-3,10-12,14,24H,4-9H2,1H3,(H,20,25). The van der Waals surface area contributed by atoms with Crippen molar-refractivity contribution in [2.75, 3.05) is 26.2 Å². The summed E-state index contributed by atoms with van der Waals surface area (Å²) in [5, 5.41) is 15.4. The van der Waals surface area contributed by atoms with E-state index in [1.807, 2.05) is 6.92 Å². The van der Waals surface area contributed by atoms with Crippen molar-refractivity contribution in [1.82, 2.24) is 19.4 Å². The van der Waals surface area contributed by atoms with Crippen molar-refractivity contribution in [3.63, 3.8) is 0 Å². The molecule has 1 aromatic heterocycles. The first-order chi connectivity index (χ1) is 13.3. The number of nitrogens with one attached hydrogen (secondary N) is 1. The fraction of sp³-hybridized carbons (Fsp3) is 0.444. The Morgan fingerprint density at radius 2 is 2.07 bits per heavy atom. The molecule has 1 aliphatic rings. The molecule has 2 aromatic rings. The molecular weight excluding hydrogens is 387 g/mol. The molecule has 1 saturated heterocycles. The number of amides is 1. The number of carbonyl (C=O) groups is 1. The van der Waals surface area contributed by atoms with Gasteiger partial charge >= 0.3 is 0 Å². The van der Waals surface area contributed by atoms with Gasteiger partial charge in [0.25, 0.3) is 0 Å². The van der Waals surface area contributed by atoms with Crippen LogP contribution in [0.4, 0.5) is 4.39 Å². The second-order valence-corrected chi connectivity index (χ2v) is 8.71. The van der Waals surface area contributed by atoms with Crippen LogP contribution < -0.4 is 5.32 Å². The molecule has 2 N–H and O–H groups in total. The van der Waals surface area contributed by atoms with E-state index in [1.54, 1.807) is 12.4 Å². The smallest absolute Gasteiger partial charge is 0.243 e. The van der Waals surface area contributed by atoms with Crippen LogP contribution in [0, 0.1) is 18.7 Å². The molecule has 0 radical (unpaired) electrons. The van der Waals surface area contributed by atoms with Gasteiger partial charge in [0, 0.05) is 31.7 Å². The highest BCUT2D eigenvalue weighted by Crippen LogP contribution is 2.26. The van der Waals surface area contributed by atoms with Crippen molar-refractivity contribution >= 4 is 15.9 Å². The van der Waals surface area contributed by atoms with Crippen molar-refractivity contribution in [2.45, 2.75) is 24.7 Å². The van der Waals surface area contributed by atoms with E-state index in [1.165, 1.54) is 21.1 Å². The zero-order chi connectivity index (χ0) is 20.3. The van der Waals surface area contributed by atoms with Gasteiger partial charge in [0.1, 0.15) is 11.5 Å². The van der Waals surface area contributed by atoms with Gasteiger partial charge < -0.3 is 10.4 Å². The number of piperidine rings is 1. The van der Waals surface area contributed by atoms with Gasteiger partial charge in [-0.2, -0.15) is 9.40 Å². The fourth-order valence-corrected chi connectivity index (χ4v) is 4.69. The number of hydrogen-bond donors (Lipinski definition) is 2. The highest BCUT2D eigenvalue weighted by Gasteiger charge is 2.32. The summed E-state index contributed by atoms with van der Waals surface area (Å²) in [6, 6.07) is 3.76. The molecule has 3 rings (SSSR count). The average Bonchev–Trinajstić information content (AvgIpc) is 3.12. The van der Waals surface area contributed by atoms with Crippen LogP contribution in [0.1, 0.15) is 18.4 Å². The highest BCUT2D eigenvalue weighted by molar-refractivity contribution is 7.89. The molecule has 8 nitrogen and oxygen atoms in total. The summed E-state index contributed by atoms with van der Waals surface area (Å²) in [6.45, 7) is 2.23. The Balaban J connectivity index is 1.71. The summed E-state index contributed by atoms with van der Waals surface area (Å²) in [7, 11) is -3.85. The third kappa shape index (κ3) is 4.23. The number of aliphatic hydroxyl groups excluding tert-OH is 1. The van der Waals surface area contributed by atoms with Crippen LogP contribution >= 0.6 is 0 Å². The molecule has 0 unspecified atom stereocenters. The highest BCUT2D eigenvalue weighted by atomic mass is 32.2. The fourth-order valence-electron chi connectivity index (χ4n) is 3.21. The van der Waals surface area contributed by atoms with Crippen molar-refractivity contribution in [3.05, 3.63) is 42.0 Å². The molecule has 0 bridgehead atoms. The van der Waals surface area contributed by atoms with E-state index >= 15 is 0 Å². The second-order valence-electron chi connectivity index (χ2n) is 6.77. The Morgan fingerprint density at radius 1 is 1.36 bits per heavy atom. The van der Waals surface area contributed by atoms with Gasteiger partial charge in [0.2, 0.25) is 15.9 Å². The van der Waals surface area contributed by atoms with Crippen molar-refractivity contribution in [1.29, 1.82) is 0 Å². The summed E-state index contributed by atoms with van der Waals surface area (Å²) in [6.07, 6.45) is 4.00. The van der Waals surface area contributed by atoms with E-state index in [2.05, 4.69) is 10.4 Å². The summed E-state index contributed by atoms with van der Waals surface area (Å²) in [5.74, 6) is -1.15. The Hall–Kier alpha value is -2.30. The number of hydrogen-bond acceptors (Lipinski definition) is 5. The van der Waals surface area contributed by atoms with E-state index in [-0.39, 0.29) is 48.6 Å². The van der Waals surface area contributed by atoms with Gasteiger partial charge in [-0.15, -0.1) is 0 Å². The van der Waals surface area contributed by atoms with E-state index in [0.717, 1.165) is 11.6 Å². The first-order valence-corrected chi connectivity index (χ1v) is 10.5. The van der Waals surface area contributed by atoms with Crippen molar-refractivity contribution in [2.24, 2.45) is 5.92 Å². The van der Waals surface area contributed by atoms with Gasteiger partial charge in [-0.3, -0.25) is 4.79 Å². The lowest BCUT2D eigenvalue weighted by Crippen LogP contribution is -2.43. The molecule has 10 heteroatoms. The predicted molar refractivity (Wildman–Crippen MR) is 99.8 cm³/mol. The van der Waals surface area contributed by atoms with Crippen LogP contribution in [-0.4, -0.2) is 59.8 Å². The topological polar surface area (TPSA) is 105 Å². The minimum Gasteiger partial charge on any atom is -0.395 e. The Morgan fingerprint density at radius 3 is 2.64 bits per heavy atom. The van der Waals surface area contributed by atoms with Crippen LogP contribution in [0.15, 0.2) is 35.5 Å². The largest absolute Gasteiger partial charge is 0.395 e. The quantitative estimate of drug-likeness (QED) is 0.734. The summed E-state index contributed by atoms with van der Waals surface area (Å²) >= 11 is 0. The number of carbonyl (C=O) groups excluding carboxylic acids is 1. The third-order valence-corrected chi connectivity index (χ3v) is 6.65. The molecule has 1 aliphatic heterocycles. The van der Waals surface area contributed by atoms with E-state index < -0.39 is 15.8 Å². The van der Waals surface area contributed by atoms with Gasteiger partial charge in [-0.25, -0.2) is 17.5 Å². The summed E-state index contributed by atoms with van der Waals surface area (Å²) in [4.78, 5) is 11.8. The lowest BCUT2D eigenvalue weighted by atomic mass is 9.97. The number of aryl methyl sites for hydroxylation is 1. The van der Waals surface area contributed by atoms with Crippen LogP contribution in [0.5, 0.6) is 0 Å². The lowest BCUT2D eigenvalue weighted by Gasteiger charge is -2.30. The SMILES string of the molecule is Cc1cnn(-c2ccc(S(=O)(=O)N3CCC(C(=O)NCCO)CC3)cc2F)c1. The summed E-state index contributed by atoms with van der Waals surface area (Å²) in [5.41, 5.74) is 1.04. The molecule has 152 valence electrons. The van der Waals surface area contributed by atoms with Crippen molar-refractivity contribution < 1.29 is 22.7 Å². The number of benzene rings is 1. The zero-order valence-electron chi connectivity index (χ0n) is 15.5. The van der Waals surface area contributed by atoms with Crippen LogP contribution in [0.2, 0.25) is 0 Å². The Labute approximate surface area is 163 Å². The van der Waals surface area contributed by atoms with E-state index in [9.17, 15) is 17.6 Å². The first kappa shape index (κ1) is 20.4. The molecule has 2 heterocycles. The minimum atomic E-state index is -3.85. The molecule has 1 amide bonds. The third-order valence-electron chi connectivity index (χ3n) is 4.75. The number of halogens is 1. The van der Waals surface area contributed by atoms with Gasteiger partial charge in [0.15, 0.2) is 0 Å². The normalized spacial score (nSPS) is 16.2. The molecule has 0 spiro atoms. The molecule has 0 saturated carbocycles. The number of sulfonamides is 1. The van der Waals surface area contributed by atoms with Gasteiger partial charge in [-0.05, 0) is 43.5 Å². The second kappa shape index (κ2) is 8.38. The number of rotatable bonds is 6. The number of aromatic nitrogens is 2.